The molecule has 2 N–H and O–H groups in total. The summed E-state index contributed by atoms with van der Waals surface area (Å²) >= 11 is 0. The maximum atomic E-state index is 13.1. The van der Waals surface area contributed by atoms with E-state index in [0.29, 0.717) is 51.8 Å². The van der Waals surface area contributed by atoms with Crippen molar-refractivity contribution in [3.63, 3.8) is 0 Å². The van der Waals surface area contributed by atoms with Gasteiger partial charge in [-0.1, -0.05) is 23.7 Å². The number of ether oxygens (including phenoxy) is 4. The second-order valence-electron chi connectivity index (χ2n) is 12.6. The van der Waals surface area contributed by atoms with Crippen LogP contribution in [-0.4, -0.2) is 69.5 Å². The zero-order valence-corrected chi connectivity index (χ0v) is 30.1. The first-order chi connectivity index (χ1) is 24.9. The van der Waals surface area contributed by atoms with Crippen molar-refractivity contribution in [2.75, 3.05) is 26.9 Å². The normalized spacial score (nSPS) is 10.8. The molecule has 0 radical (unpaired) electrons. The third-order valence-electron chi connectivity index (χ3n) is 7.04. The summed E-state index contributed by atoms with van der Waals surface area (Å²) in [4.78, 5) is 35.4. The third-order valence-corrected chi connectivity index (χ3v) is 7.04. The Labute approximate surface area is 304 Å². The number of carbonyl (C=O) groups excluding carboxylic acids is 2. The molecule has 0 spiro atoms. The number of aliphatic hydroxyl groups is 2. The summed E-state index contributed by atoms with van der Waals surface area (Å²) in [6.45, 7) is 7.45. The van der Waals surface area contributed by atoms with Gasteiger partial charge in [0, 0.05) is 35.3 Å². The topological polar surface area (TPSA) is 141 Å². The first-order valence-corrected chi connectivity index (χ1v) is 16.7. The minimum Gasteiger partial charge on any atom is -0.494 e. The van der Waals surface area contributed by atoms with E-state index in [1.165, 1.54) is 7.11 Å². The number of hydrogen-bond acceptors (Lipinski definition) is 11. The average molecular weight is 706 g/mol. The van der Waals surface area contributed by atoms with Gasteiger partial charge < -0.3 is 29.2 Å². The minimum absolute atomic E-state index is 0.0774. The number of methoxy groups -OCH3 is 1. The Morgan fingerprint density at radius 1 is 0.673 bits per heavy atom. The van der Waals surface area contributed by atoms with Gasteiger partial charge in [-0.15, -0.1) is 0 Å². The fraction of sp³-hybridized carbons (Fsp3) is 0.317. The van der Waals surface area contributed by atoms with E-state index in [1.54, 1.807) is 63.2 Å². The van der Waals surface area contributed by atoms with Crippen LogP contribution in [-0.2, 0) is 45.4 Å². The number of carbonyl (C=O) groups is 2. The summed E-state index contributed by atoms with van der Waals surface area (Å²) in [6, 6.07) is 21.5. The number of nitrogens with zero attached hydrogens (tertiary/aromatic N) is 3. The predicted octanol–water partition coefficient (Wildman–Crippen LogP) is 4.56. The Hall–Kier alpha value is -5.72. The van der Waals surface area contributed by atoms with Gasteiger partial charge >= 0.3 is 11.9 Å². The molecule has 2 heterocycles. The molecule has 4 aromatic rings. The van der Waals surface area contributed by atoms with Crippen LogP contribution < -0.4 is 9.47 Å². The van der Waals surface area contributed by atoms with Gasteiger partial charge in [-0.25, -0.2) is 4.79 Å². The van der Waals surface area contributed by atoms with E-state index in [9.17, 15) is 19.8 Å². The van der Waals surface area contributed by atoms with Crippen molar-refractivity contribution in [1.82, 2.24) is 14.9 Å². The van der Waals surface area contributed by atoms with E-state index < -0.39 is 17.5 Å². The van der Waals surface area contributed by atoms with Crippen molar-refractivity contribution < 1.29 is 38.7 Å². The van der Waals surface area contributed by atoms with Gasteiger partial charge in [0.2, 0.25) is 0 Å². The van der Waals surface area contributed by atoms with Crippen LogP contribution in [0.15, 0.2) is 72.8 Å². The summed E-state index contributed by atoms with van der Waals surface area (Å²) in [5, 5.41) is 20.0. The number of pyridine rings is 2. The third kappa shape index (κ3) is 13.2. The summed E-state index contributed by atoms with van der Waals surface area (Å²) in [5.41, 5.74) is 4.09. The van der Waals surface area contributed by atoms with Crippen LogP contribution in [0.5, 0.6) is 11.5 Å². The van der Waals surface area contributed by atoms with Gasteiger partial charge in [-0.05, 0) is 100 Å². The summed E-state index contributed by atoms with van der Waals surface area (Å²) in [6.07, 6.45) is 0. The fourth-order valence-corrected chi connectivity index (χ4v) is 4.88. The summed E-state index contributed by atoms with van der Waals surface area (Å²) in [5.74, 6) is 12.9. The number of benzene rings is 2. The van der Waals surface area contributed by atoms with Crippen LogP contribution in [0.1, 0.15) is 72.7 Å². The van der Waals surface area contributed by atoms with Gasteiger partial charge in [0.25, 0.3) is 0 Å². The number of aliphatic hydroxyl groups excluding tert-OH is 2. The molecule has 11 heteroatoms. The molecule has 0 saturated heterocycles. The standard InChI is InChI=1S/C41H43N3O8/c1-6-50-37-15-11-29(12-16-37)7-9-31-19-33(42-35(21-31)26-45)23-44(25-39(47)52-41(2,3)4)24-34-20-32(22-36(27-46)43-34)10-8-30-13-17-38(18-14-30)51-28-40(48)49-5/h11-22,45-46H,6,23-28H2,1-5H3. The Balaban J connectivity index is 1.59. The highest BCUT2D eigenvalue weighted by molar-refractivity contribution is 5.72. The molecular weight excluding hydrogens is 662 g/mol. The van der Waals surface area contributed by atoms with Crippen molar-refractivity contribution in [3.8, 4) is 35.2 Å². The molecule has 0 fully saturated rings. The number of hydrogen-bond donors (Lipinski definition) is 2. The summed E-state index contributed by atoms with van der Waals surface area (Å²) < 4.78 is 21.1. The summed E-state index contributed by atoms with van der Waals surface area (Å²) in [7, 11) is 1.29. The van der Waals surface area contributed by atoms with Crippen molar-refractivity contribution in [1.29, 1.82) is 0 Å². The molecule has 0 aliphatic carbocycles. The molecular formula is C41H43N3O8. The van der Waals surface area contributed by atoms with Gasteiger partial charge in [0.15, 0.2) is 6.61 Å². The van der Waals surface area contributed by atoms with Crippen LogP contribution >= 0.6 is 0 Å². The van der Waals surface area contributed by atoms with Gasteiger partial charge in [0.1, 0.15) is 17.1 Å². The lowest BCUT2D eigenvalue weighted by Gasteiger charge is -2.25. The van der Waals surface area contributed by atoms with Crippen LogP contribution in [0.25, 0.3) is 0 Å². The van der Waals surface area contributed by atoms with E-state index in [0.717, 1.165) is 11.3 Å². The molecule has 52 heavy (non-hydrogen) atoms. The molecule has 0 aliphatic heterocycles. The van der Waals surface area contributed by atoms with E-state index in [1.807, 2.05) is 42.2 Å². The lowest BCUT2D eigenvalue weighted by molar-refractivity contribution is -0.156. The first kappa shape index (κ1) is 39.1. The SMILES string of the molecule is CCOc1ccc(C#Cc2cc(CO)nc(CN(CC(=O)OC(C)(C)C)Cc3cc(C#Cc4ccc(OCC(=O)OC)cc4)cc(CO)n3)c2)cc1. The van der Waals surface area contributed by atoms with Gasteiger partial charge in [-0.3, -0.25) is 19.7 Å². The maximum Gasteiger partial charge on any atom is 0.343 e. The van der Waals surface area contributed by atoms with E-state index in [4.69, 9.17) is 14.2 Å². The van der Waals surface area contributed by atoms with Crippen molar-refractivity contribution >= 4 is 11.9 Å². The molecule has 0 saturated carbocycles. The molecule has 0 bridgehead atoms. The maximum absolute atomic E-state index is 13.1. The Kier molecular flexibility index (Phi) is 14.3. The van der Waals surface area contributed by atoms with Crippen LogP contribution in [0.4, 0.5) is 0 Å². The number of aromatic nitrogens is 2. The van der Waals surface area contributed by atoms with Crippen molar-refractivity contribution in [3.05, 3.63) is 118 Å². The molecule has 270 valence electrons. The van der Waals surface area contributed by atoms with Gasteiger partial charge in [-0.2, -0.15) is 0 Å². The second-order valence-corrected chi connectivity index (χ2v) is 12.6. The average Bonchev–Trinajstić information content (AvgIpc) is 3.12. The highest BCUT2D eigenvalue weighted by Crippen LogP contribution is 2.17. The zero-order chi connectivity index (χ0) is 37.5. The number of rotatable bonds is 13. The van der Waals surface area contributed by atoms with Crippen LogP contribution in [0.2, 0.25) is 0 Å². The zero-order valence-electron chi connectivity index (χ0n) is 30.1. The van der Waals surface area contributed by atoms with Crippen LogP contribution in [0.3, 0.4) is 0 Å². The molecule has 0 atom stereocenters. The molecule has 11 nitrogen and oxygen atoms in total. The minimum atomic E-state index is -0.690. The second kappa shape index (κ2) is 19.0. The number of esters is 2. The Bertz CT molecular complexity index is 1950. The molecule has 0 amide bonds. The van der Waals surface area contributed by atoms with E-state index in [2.05, 4.69) is 38.4 Å². The lowest BCUT2D eigenvalue weighted by Crippen LogP contribution is -2.35. The lowest BCUT2D eigenvalue weighted by atomic mass is 10.1. The first-order valence-electron chi connectivity index (χ1n) is 16.7. The quantitative estimate of drug-likeness (QED) is 0.150. The Morgan fingerprint density at radius 3 is 1.54 bits per heavy atom. The largest absolute Gasteiger partial charge is 0.494 e. The molecule has 0 aliphatic rings. The molecule has 4 rings (SSSR count). The highest BCUT2D eigenvalue weighted by atomic mass is 16.6. The fourth-order valence-electron chi connectivity index (χ4n) is 4.88. The smallest absolute Gasteiger partial charge is 0.343 e. The van der Waals surface area contributed by atoms with Crippen molar-refractivity contribution in [2.45, 2.75) is 59.6 Å². The monoisotopic (exact) mass is 705 g/mol. The Morgan fingerprint density at radius 2 is 1.12 bits per heavy atom. The highest BCUT2D eigenvalue weighted by Gasteiger charge is 2.21. The van der Waals surface area contributed by atoms with Crippen LogP contribution in [0, 0.1) is 23.7 Å². The van der Waals surface area contributed by atoms with E-state index >= 15 is 0 Å². The predicted molar refractivity (Wildman–Crippen MR) is 194 cm³/mol. The molecule has 2 aromatic heterocycles. The molecule has 2 aromatic carbocycles. The van der Waals surface area contributed by atoms with Crippen molar-refractivity contribution in [2.24, 2.45) is 0 Å². The van der Waals surface area contributed by atoms with E-state index in [-0.39, 0.29) is 39.5 Å². The molecule has 0 unspecified atom stereocenters. The van der Waals surface area contributed by atoms with Gasteiger partial charge in [0.05, 0.1) is 56.3 Å².